The highest BCUT2D eigenvalue weighted by atomic mass is 32.1. The summed E-state index contributed by atoms with van der Waals surface area (Å²) in [6.45, 7) is 4.54. The summed E-state index contributed by atoms with van der Waals surface area (Å²) in [6, 6.07) is 5.30. The van der Waals surface area contributed by atoms with Crippen molar-refractivity contribution >= 4 is 28.9 Å². The number of amides is 2. The molecule has 0 aliphatic carbocycles. The van der Waals surface area contributed by atoms with Crippen LogP contribution in [0.2, 0.25) is 0 Å². The van der Waals surface area contributed by atoms with E-state index in [1.807, 2.05) is 26.0 Å². The topological polar surface area (TPSA) is 67.2 Å². The monoisotopic (exact) mass is 251 g/mol. The van der Waals surface area contributed by atoms with Gasteiger partial charge in [-0.1, -0.05) is 31.3 Å². The lowest BCUT2D eigenvalue weighted by Gasteiger charge is -2.12. The summed E-state index contributed by atoms with van der Waals surface area (Å²) in [5.41, 5.74) is 7.96. The largest absolute Gasteiger partial charge is 0.389 e. The van der Waals surface area contributed by atoms with Gasteiger partial charge >= 0.3 is 6.03 Å². The van der Waals surface area contributed by atoms with Gasteiger partial charge in [0.1, 0.15) is 4.99 Å². The number of thiocarbonyl (C=S) groups is 1. The molecule has 1 rings (SSSR count). The molecule has 2 amide bonds. The van der Waals surface area contributed by atoms with Crippen LogP contribution in [0.25, 0.3) is 0 Å². The molecule has 92 valence electrons. The normalized spacial score (nSPS) is 9.76. The molecular formula is C12H17N3OS. The smallest absolute Gasteiger partial charge is 0.319 e. The SMILES string of the molecule is CCCNC(=O)Nc1cccc(C)c1C(N)=S. The Morgan fingerprint density at radius 3 is 2.76 bits per heavy atom. The van der Waals surface area contributed by atoms with Crippen LogP contribution in [0.1, 0.15) is 24.5 Å². The number of nitrogens with two attached hydrogens (primary N) is 1. The maximum atomic E-state index is 11.6. The Morgan fingerprint density at radius 1 is 1.47 bits per heavy atom. The molecule has 0 aromatic heterocycles. The summed E-state index contributed by atoms with van der Waals surface area (Å²) in [5, 5.41) is 5.48. The molecule has 0 aliphatic rings. The first kappa shape index (κ1) is 13.4. The van der Waals surface area contributed by atoms with E-state index >= 15 is 0 Å². The van der Waals surface area contributed by atoms with E-state index in [0.29, 0.717) is 17.8 Å². The first-order chi connectivity index (χ1) is 8.06. The molecule has 1 aromatic rings. The summed E-state index contributed by atoms with van der Waals surface area (Å²) in [7, 11) is 0. The molecule has 5 heteroatoms. The summed E-state index contributed by atoms with van der Waals surface area (Å²) in [6.07, 6.45) is 0.892. The van der Waals surface area contributed by atoms with Crippen LogP contribution >= 0.6 is 12.2 Å². The van der Waals surface area contributed by atoms with Gasteiger partial charge in [-0.2, -0.15) is 0 Å². The Kier molecular flexibility index (Phi) is 4.90. The lowest BCUT2D eigenvalue weighted by atomic mass is 10.1. The van der Waals surface area contributed by atoms with E-state index in [-0.39, 0.29) is 11.0 Å². The number of rotatable bonds is 4. The third-order valence-electron chi connectivity index (χ3n) is 2.30. The minimum atomic E-state index is -0.241. The van der Waals surface area contributed by atoms with Gasteiger partial charge in [-0.15, -0.1) is 0 Å². The van der Waals surface area contributed by atoms with E-state index in [4.69, 9.17) is 18.0 Å². The van der Waals surface area contributed by atoms with E-state index in [9.17, 15) is 4.79 Å². The van der Waals surface area contributed by atoms with Crippen molar-refractivity contribution in [3.8, 4) is 0 Å². The van der Waals surface area contributed by atoms with Gasteiger partial charge in [0.05, 0.1) is 5.69 Å². The number of carbonyl (C=O) groups excluding carboxylic acids is 1. The molecule has 4 nitrogen and oxygen atoms in total. The Balaban J connectivity index is 2.87. The number of hydrogen-bond acceptors (Lipinski definition) is 2. The van der Waals surface area contributed by atoms with Crippen molar-refractivity contribution in [2.75, 3.05) is 11.9 Å². The molecule has 0 radical (unpaired) electrons. The number of carbonyl (C=O) groups is 1. The van der Waals surface area contributed by atoms with E-state index < -0.39 is 0 Å². The standard InChI is InChI=1S/C12H17N3OS/c1-3-7-14-12(16)15-9-6-4-5-8(2)10(9)11(13)17/h4-6H,3,7H2,1-2H3,(H2,13,17)(H2,14,15,16). The molecule has 0 unspecified atom stereocenters. The molecule has 0 saturated heterocycles. The van der Waals surface area contributed by atoms with Gasteiger partial charge in [0.25, 0.3) is 0 Å². The Hall–Kier alpha value is -1.62. The molecular weight excluding hydrogens is 234 g/mol. The fraction of sp³-hybridized carbons (Fsp3) is 0.333. The van der Waals surface area contributed by atoms with Crippen LogP contribution < -0.4 is 16.4 Å². The second kappa shape index (κ2) is 6.20. The van der Waals surface area contributed by atoms with Crippen LogP contribution in [-0.2, 0) is 0 Å². The highest BCUT2D eigenvalue weighted by molar-refractivity contribution is 7.80. The third kappa shape index (κ3) is 3.71. The quantitative estimate of drug-likeness (QED) is 0.718. The van der Waals surface area contributed by atoms with Crippen molar-refractivity contribution in [3.05, 3.63) is 29.3 Å². The first-order valence-electron chi connectivity index (χ1n) is 5.50. The second-order valence-corrected chi connectivity index (χ2v) is 4.18. The lowest BCUT2D eigenvalue weighted by Crippen LogP contribution is -2.30. The predicted octanol–water partition coefficient (Wildman–Crippen LogP) is 2.16. The van der Waals surface area contributed by atoms with Gasteiger partial charge in [-0.05, 0) is 25.0 Å². The molecule has 4 N–H and O–H groups in total. The zero-order valence-corrected chi connectivity index (χ0v) is 10.9. The highest BCUT2D eigenvalue weighted by Gasteiger charge is 2.10. The maximum absolute atomic E-state index is 11.6. The second-order valence-electron chi connectivity index (χ2n) is 3.74. The summed E-state index contributed by atoms with van der Waals surface area (Å²) in [5.74, 6) is 0. The van der Waals surface area contributed by atoms with Crippen LogP contribution in [0, 0.1) is 6.92 Å². The molecule has 0 spiro atoms. The summed E-state index contributed by atoms with van der Waals surface area (Å²) < 4.78 is 0. The maximum Gasteiger partial charge on any atom is 0.319 e. The molecule has 17 heavy (non-hydrogen) atoms. The van der Waals surface area contributed by atoms with Gasteiger partial charge in [0.15, 0.2) is 0 Å². The molecule has 0 heterocycles. The Morgan fingerprint density at radius 2 is 2.18 bits per heavy atom. The van der Waals surface area contributed by atoms with Crippen molar-refractivity contribution < 1.29 is 4.79 Å². The fourth-order valence-corrected chi connectivity index (χ4v) is 1.77. The van der Waals surface area contributed by atoms with Crippen LogP contribution in [0.3, 0.4) is 0 Å². The summed E-state index contributed by atoms with van der Waals surface area (Å²) >= 11 is 4.98. The average molecular weight is 251 g/mol. The lowest BCUT2D eigenvalue weighted by molar-refractivity contribution is 0.252. The van der Waals surface area contributed by atoms with E-state index in [1.54, 1.807) is 6.07 Å². The number of nitrogens with one attached hydrogen (secondary N) is 2. The van der Waals surface area contributed by atoms with E-state index in [2.05, 4.69) is 10.6 Å². The van der Waals surface area contributed by atoms with Crippen molar-refractivity contribution in [3.63, 3.8) is 0 Å². The predicted molar refractivity (Wildman–Crippen MR) is 74.4 cm³/mol. The number of benzene rings is 1. The van der Waals surface area contributed by atoms with Crippen molar-refractivity contribution in [1.29, 1.82) is 0 Å². The average Bonchev–Trinajstić information content (AvgIpc) is 2.25. The minimum absolute atomic E-state index is 0.241. The van der Waals surface area contributed by atoms with E-state index in [1.165, 1.54) is 0 Å². The van der Waals surface area contributed by atoms with Crippen molar-refractivity contribution in [1.82, 2.24) is 5.32 Å². The number of urea groups is 1. The van der Waals surface area contributed by atoms with Gasteiger partial charge in [0.2, 0.25) is 0 Å². The molecule has 1 aromatic carbocycles. The zero-order chi connectivity index (χ0) is 12.8. The van der Waals surface area contributed by atoms with Crippen LogP contribution in [0.15, 0.2) is 18.2 Å². The van der Waals surface area contributed by atoms with Crippen LogP contribution in [-0.4, -0.2) is 17.6 Å². The number of hydrogen-bond donors (Lipinski definition) is 3. The van der Waals surface area contributed by atoms with Gasteiger partial charge in [-0.3, -0.25) is 0 Å². The third-order valence-corrected chi connectivity index (χ3v) is 2.51. The van der Waals surface area contributed by atoms with E-state index in [0.717, 1.165) is 12.0 Å². The van der Waals surface area contributed by atoms with Crippen molar-refractivity contribution in [2.45, 2.75) is 20.3 Å². The highest BCUT2D eigenvalue weighted by Crippen LogP contribution is 2.19. The first-order valence-corrected chi connectivity index (χ1v) is 5.91. The molecule has 0 bridgehead atoms. The Labute approximate surface area is 107 Å². The van der Waals surface area contributed by atoms with Crippen LogP contribution in [0.5, 0.6) is 0 Å². The zero-order valence-electron chi connectivity index (χ0n) is 10.0. The molecule has 0 aliphatic heterocycles. The number of aryl methyl sites for hydroxylation is 1. The number of anilines is 1. The van der Waals surface area contributed by atoms with Crippen molar-refractivity contribution in [2.24, 2.45) is 5.73 Å². The van der Waals surface area contributed by atoms with Gasteiger partial charge in [-0.25, -0.2) is 4.79 Å². The van der Waals surface area contributed by atoms with Crippen LogP contribution in [0.4, 0.5) is 10.5 Å². The van der Waals surface area contributed by atoms with Gasteiger partial charge < -0.3 is 16.4 Å². The molecule has 0 saturated carbocycles. The fourth-order valence-electron chi connectivity index (χ4n) is 1.50. The Bertz CT molecular complexity index is 432. The molecule has 0 fully saturated rings. The molecule has 0 atom stereocenters. The summed E-state index contributed by atoms with van der Waals surface area (Å²) in [4.78, 5) is 11.8. The van der Waals surface area contributed by atoms with Gasteiger partial charge in [0, 0.05) is 12.1 Å². The minimum Gasteiger partial charge on any atom is -0.389 e.